The number of rotatable bonds is 4. The van der Waals surface area contributed by atoms with Crippen molar-refractivity contribution in [2.75, 3.05) is 5.73 Å². The zero-order chi connectivity index (χ0) is 13.7. The van der Waals surface area contributed by atoms with E-state index in [4.69, 9.17) is 10.8 Å². The van der Waals surface area contributed by atoms with Crippen molar-refractivity contribution in [2.24, 2.45) is 10.2 Å². The van der Waals surface area contributed by atoms with Crippen molar-refractivity contribution in [3.8, 4) is 0 Å². The summed E-state index contributed by atoms with van der Waals surface area (Å²) in [4.78, 5) is 10.8. The van der Waals surface area contributed by atoms with Gasteiger partial charge in [0.15, 0.2) is 0 Å². The molecule has 0 amide bonds. The smallest absolute Gasteiger partial charge is 0.335 e. The third-order valence-corrected chi connectivity index (χ3v) is 2.51. The van der Waals surface area contributed by atoms with Crippen LogP contribution in [0.2, 0.25) is 0 Å². The molecule has 19 heavy (non-hydrogen) atoms. The summed E-state index contributed by atoms with van der Waals surface area (Å²) in [6.07, 6.45) is 0. The zero-order valence-electron chi connectivity index (χ0n) is 10.2. The van der Waals surface area contributed by atoms with Gasteiger partial charge in [-0.05, 0) is 35.9 Å². The van der Waals surface area contributed by atoms with Crippen LogP contribution >= 0.6 is 0 Å². The average Bonchev–Trinajstić information content (AvgIpc) is 2.41. The van der Waals surface area contributed by atoms with E-state index >= 15 is 0 Å². The number of hydrogen-bond acceptors (Lipinski definition) is 4. The zero-order valence-corrected chi connectivity index (χ0v) is 10.2. The Kier molecular flexibility index (Phi) is 3.87. The van der Waals surface area contributed by atoms with Crippen LogP contribution in [0.1, 0.15) is 15.9 Å². The SMILES string of the molecule is Nc1ccc(CN=Nc2cccc(C(=O)O)c2)cc1. The molecule has 96 valence electrons. The van der Waals surface area contributed by atoms with Crippen LogP contribution in [-0.2, 0) is 6.54 Å². The molecule has 0 aromatic heterocycles. The number of nitrogens with zero attached hydrogens (tertiary/aromatic N) is 2. The van der Waals surface area contributed by atoms with E-state index in [0.29, 0.717) is 17.9 Å². The van der Waals surface area contributed by atoms with Crippen LogP contribution in [0.25, 0.3) is 0 Å². The van der Waals surface area contributed by atoms with Gasteiger partial charge in [0.25, 0.3) is 0 Å². The highest BCUT2D eigenvalue weighted by atomic mass is 16.4. The van der Waals surface area contributed by atoms with Crippen molar-refractivity contribution in [1.29, 1.82) is 0 Å². The minimum Gasteiger partial charge on any atom is -0.478 e. The summed E-state index contributed by atoms with van der Waals surface area (Å²) < 4.78 is 0. The number of azo groups is 1. The number of aromatic carboxylic acids is 1. The maximum Gasteiger partial charge on any atom is 0.335 e. The largest absolute Gasteiger partial charge is 0.478 e. The molecular weight excluding hydrogens is 242 g/mol. The quantitative estimate of drug-likeness (QED) is 0.649. The molecule has 2 aromatic carbocycles. The standard InChI is InChI=1S/C14H13N3O2/c15-12-6-4-10(5-7-12)9-16-17-13-3-1-2-11(8-13)14(18)19/h1-8H,9,15H2,(H,18,19). The van der Waals surface area contributed by atoms with Gasteiger partial charge in [0, 0.05) is 5.69 Å². The molecule has 0 aliphatic rings. The second-order valence-electron chi connectivity index (χ2n) is 4.00. The monoisotopic (exact) mass is 255 g/mol. The molecule has 0 unspecified atom stereocenters. The van der Waals surface area contributed by atoms with Gasteiger partial charge in [-0.15, -0.1) is 0 Å². The molecular formula is C14H13N3O2. The fourth-order valence-electron chi connectivity index (χ4n) is 1.52. The van der Waals surface area contributed by atoms with Crippen LogP contribution in [0.15, 0.2) is 58.8 Å². The van der Waals surface area contributed by atoms with E-state index in [2.05, 4.69) is 10.2 Å². The van der Waals surface area contributed by atoms with E-state index in [0.717, 1.165) is 5.56 Å². The molecule has 2 rings (SSSR count). The molecule has 5 nitrogen and oxygen atoms in total. The van der Waals surface area contributed by atoms with Gasteiger partial charge in [0.05, 0.1) is 17.8 Å². The van der Waals surface area contributed by atoms with E-state index in [-0.39, 0.29) is 5.56 Å². The lowest BCUT2D eigenvalue weighted by atomic mass is 10.2. The van der Waals surface area contributed by atoms with E-state index < -0.39 is 5.97 Å². The molecule has 0 fully saturated rings. The highest BCUT2D eigenvalue weighted by Gasteiger charge is 2.02. The normalized spacial score (nSPS) is 10.7. The van der Waals surface area contributed by atoms with Crippen molar-refractivity contribution >= 4 is 17.3 Å². The topological polar surface area (TPSA) is 88.0 Å². The summed E-state index contributed by atoms with van der Waals surface area (Å²) in [6, 6.07) is 13.7. The molecule has 0 aliphatic carbocycles. The Balaban J connectivity index is 2.04. The first kappa shape index (κ1) is 12.8. The predicted molar refractivity (Wildman–Crippen MR) is 72.5 cm³/mol. The summed E-state index contributed by atoms with van der Waals surface area (Å²) in [6.45, 7) is 0.428. The van der Waals surface area contributed by atoms with Gasteiger partial charge < -0.3 is 10.8 Å². The third-order valence-electron chi connectivity index (χ3n) is 2.51. The number of nitrogens with two attached hydrogens (primary N) is 1. The molecule has 0 radical (unpaired) electrons. The van der Waals surface area contributed by atoms with Gasteiger partial charge in [-0.3, -0.25) is 0 Å². The lowest BCUT2D eigenvalue weighted by molar-refractivity contribution is 0.0697. The van der Waals surface area contributed by atoms with Crippen LogP contribution in [0, 0.1) is 0 Å². The van der Waals surface area contributed by atoms with Gasteiger partial charge >= 0.3 is 5.97 Å². The van der Waals surface area contributed by atoms with E-state index in [1.54, 1.807) is 24.3 Å². The molecule has 0 spiro atoms. The number of carboxylic acids is 1. The van der Waals surface area contributed by atoms with Gasteiger partial charge in [-0.1, -0.05) is 18.2 Å². The van der Waals surface area contributed by atoms with Crippen LogP contribution in [-0.4, -0.2) is 11.1 Å². The van der Waals surface area contributed by atoms with Crippen molar-refractivity contribution in [1.82, 2.24) is 0 Å². The number of hydrogen-bond donors (Lipinski definition) is 2. The van der Waals surface area contributed by atoms with Gasteiger partial charge in [-0.2, -0.15) is 10.2 Å². The van der Waals surface area contributed by atoms with Crippen LogP contribution in [0.3, 0.4) is 0 Å². The predicted octanol–water partition coefficient (Wildman–Crippen LogP) is 3.25. The molecule has 0 heterocycles. The van der Waals surface area contributed by atoms with Crippen molar-refractivity contribution < 1.29 is 9.90 Å². The van der Waals surface area contributed by atoms with Crippen LogP contribution in [0.4, 0.5) is 11.4 Å². The Morgan fingerprint density at radius 1 is 1.16 bits per heavy atom. The molecule has 0 aliphatic heterocycles. The molecule has 3 N–H and O–H groups in total. The second-order valence-corrected chi connectivity index (χ2v) is 4.00. The fraction of sp³-hybridized carbons (Fsp3) is 0.0714. The Hall–Kier alpha value is -2.69. The summed E-state index contributed by atoms with van der Waals surface area (Å²) in [7, 11) is 0. The summed E-state index contributed by atoms with van der Waals surface area (Å²) in [5, 5.41) is 16.9. The lowest BCUT2D eigenvalue weighted by Crippen LogP contribution is -1.94. The number of nitrogen functional groups attached to an aromatic ring is 1. The van der Waals surface area contributed by atoms with Crippen LogP contribution < -0.4 is 5.73 Å². The van der Waals surface area contributed by atoms with Gasteiger partial charge in [-0.25, -0.2) is 4.79 Å². The summed E-state index contributed by atoms with van der Waals surface area (Å²) in [5.41, 5.74) is 8.00. The highest BCUT2D eigenvalue weighted by molar-refractivity contribution is 5.88. The van der Waals surface area contributed by atoms with Crippen molar-refractivity contribution in [2.45, 2.75) is 6.54 Å². The maximum absolute atomic E-state index is 10.8. The first-order valence-electron chi connectivity index (χ1n) is 5.70. The molecule has 0 atom stereocenters. The van der Waals surface area contributed by atoms with E-state index in [1.165, 1.54) is 12.1 Å². The highest BCUT2D eigenvalue weighted by Crippen LogP contribution is 2.15. The van der Waals surface area contributed by atoms with Gasteiger partial charge in [0.1, 0.15) is 0 Å². The maximum atomic E-state index is 10.8. The van der Waals surface area contributed by atoms with Crippen LogP contribution in [0.5, 0.6) is 0 Å². The summed E-state index contributed by atoms with van der Waals surface area (Å²) >= 11 is 0. The molecule has 2 aromatic rings. The summed E-state index contributed by atoms with van der Waals surface area (Å²) in [5.74, 6) is -0.976. The lowest BCUT2D eigenvalue weighted by Gasteiger charge is -1.97. The molecule has 0 bridgehead atoms. The molecule has 0 saturated carbocycles. The average molecular weight is 255 g/mol. The third kappa shape index (κ3) is 3.64. The first-order chi connectivity index (χ1) is 9.15. The minimum atomic E-state index is -0.976. The first-order valence-corrected chi connectivity index (χ1v) is 5.70. The number of anilines is 1. The van der Waals surface area contributed by atoms with Crippen molar-refractivity contribution in [3.05, 3.63) is 59.7 Å². The number of carbonyl (C=O) groups is 1. The number of benzene rings is 2. The number of carboxylic acid groups (broad SMARTS) is 1. The van der Waals surface area contributed by atoms with E-state index in [1.807, 2.05) is 12.1 Å². The Bertz CT molecular complexity index is 606. The molecule has 0 saturated heterocycles. The Morgan fingerprint density at radius 2 is 1.89 bits per heavy atom. The van der Waals surface area contributed by atoms with Gasteiger partial charge in [0.2, 0.25) is 0 Å². The molecule has 5 heteroatoms. The van der Waals surface area contributed by atoms with Crippen molar-refractivity contribution in [3.63, 3.8) is 0 Å². The fourth-order valence-corrected chi connectivity index (χ4v) is 1.52. The minimum absolute atomic E-state index is 0.198. The Labute approximate surface area is 110 Å². The van der Waals surface area contributed by atoms with E-state index in [9.17, 15) is 4.79 Å². The Morgan fingerprint density at radius 3 is 2.58 bits per heavy atom. The second kappa shape index (κ2) is 5.77.